The van der Waals surface area contributed by atoms with Gasteiger partial charge in [-0.05, 0) is 18.2 Å². The number of morpholine rings is 1. The van der Waals surface area contributed by atoms with Crippen LogP contribution < -0.4 is 9.64 Å². The Labute approximate surface area is 198 Å². The van der Waals surface area contributed by atoms with Gasteiger partial charge >= 0.3 is 0 Å². The lowest BCUT2D eigenvalue weighted by atomic mass is 10.1. The monoisotopic (exact) mass is 493 g/mol. The number of nitrogens with one attached hydrogen (secondary N) is 1. The predicted molar refractivity (Wildman–Crippen MR) is 119 cm³/mol. The molecule has 0 aliphatic carbocycles. The Kier molecular flexibility index (Phi) is 5.57. The van der Waals surface area contributed by atoms with Gasteiger partial charge in [0.1, 0.15) is 29.9 Å². The van der Waals surface area contributed by atoms with E-state index < -0.39 is 29.9 Å². The number of rotatable bonds is 4. The second kappa shape index (κ2) is 8.62. The van der Waals surface area contributed by atoms with Gasteiger partial charge in [0.05, 0.1) is 53.7 Å². The van der Waals surface area contributed by atoms with Crippen LogP contribution in [0.3, 0.4) is 0 Å². The van der Waals surface area contributed by atoms with Crippen LogP contribution in [0.1, 0.15) is 0 Å². The molecule has 8 nitrogen and oxygen atoms in total. The summed E-state index contributed by atoms with van der Waals surface area (Å²) in [6.07, 6.45) is -1.88. The minimum absolute atomic E-state index is 0.00903. The Bertz CT molecular complexity index is 1210. The van der Waals surface area contributed by atoms with Crippen LogP contribution in [0.4, 0.5) is 14.5 Å². The molecule has 1 unspecified atom stereocenters. The first-order chi connectivity index (χ1) is 16.5. The lowest BCUT2D eigenvalue weighted by Crippen LogP contribution is -2.36. The first kappa shape index (κ1) is 22.0. The van der Waals surface area contributed by atoms with Gasteiger partial charge in [0.2, 0.25) is 0 Å². The highest BCUT2D eigenvalue weighted by molar-refractivity contribution is 6.33. The van der Waals surface area contributed by atoms with Gasteiger partial charge < -0.3 is 33.9 Å². The predicted octanol–water partition coefficient (Wildman–Crippen LogP) is 2.90. The van der Waals surface area contributed by atoms with Gasteiger partial charge in [-0.25, -0.2) is 13.8 Å². The van der Waals surface area contributed by atoms with E-state index in [1.54, 1.807) is 12.1 Å². The van der Waals surface area contributed by atoms with E-state index in [0.717, 1.165) is 0 Å². The van der Waals surface area contributed by atoms with Crippen molar-refractivity contribution in [1.29, 1.82) is 0 Å². The molecule has 6 rings (SSSR count). The van der Waals surface area contributed by atoms with Crippen molar-refractivity contribution >= 4 is 28.3 Å². The molecule has 0 spiro atoms. The highest BCUT2D eigenvalue weighted by Crippen LogP contribution is 2.36. The molecule has 2 N–H and O–H groups in total. The molecule has 11 heteroatoms. The van der Waals surface area contributed by atoms with Crippen molar-refractivity contribution in [3.05, 3.63) is 40.9 Å². The topological polar surface area (TPSA) is 89.1 Å². The molecule has 3 fully saturated rings. The molecule has 3 saturated heterocycles. The maximum Gasteiger partial charge on any atom is 0.193 e. The first-order valence-electron chi connectivity index (χ1n) is 11.1. The largest absolute Gasteiger partial charge is 0.470 e. The van der Waals surface area contributed by atoms with Crippen molar-refractivity contribution in [2.75, 3.05) is 44.4 Å². The van der Waals surface area contributed by atoms with Gasteiger partial charge in [-0.15, -0.1) is 0 Å². The number of aliphatic hydroxyl groups is 1. The summed E-state index contributed by atoms with van der Waals surface area (Å²) in [5.74, 6) is -1.10. The number of aliphatic hydroxyl groups excluding tert-OH is 1. The van der Waals surface area contributed by atoms with Crippen molar-refractivity contribution < 1.29 is 32.8 Å². The fourth-order valence-corrected chi connectivity index (χ4v) is 4.99. The van der Waals surface area contributed by atoms with Crippen molar-refractivity contribution in [2.24, 2.45) is 0 Å². The summed E-state index contributed by atoms with van der Waals surface area (Å²) in [7, 11) is 0. The van der Waals surface area contributed by atoms with Crippen LogP contribution in [0, 0.1) is 11.6 Å². The van der Waals surface area contributed by atoms with E-state index in [4.69, 9.17) is 30.5 Å². The molecule has 0 amide bonds. The second-order valence-corrected chi connectivity index (χ2v) is 9.00. The van der Waals surface area contributed by atoms with Gasteiger partial charge in [0, 0.05) is 24.8 Å². The van der Waals surface area contributed by atoms with Crippen molar-refractivity contribution in [1.82, 2.24) is 9.97 Å². The molecule has 0 bridgehead atoms. The molecule has 1 aromatic carbocycles. The lowest BCUT2D eigenvalue weighted by molar-refractivity contribution is 0.00794. The Hall–Kier alpha value is -2.50. The summed E-state index contributed by atoms with van der Waals surface area (Å²) >= 11 is 6.39. The second-order valence-electron chi connectivity index (χ2n) is 8.59. The summed E-state index contributed by atoms with van der Waals surface area (Å²) in [4.78, 5) is 9.36. The van der Waals surface area contributed by atoms with E-state index in [2.05, 4.69) is 9.97 Å². The number of pyridine rings is 1. The van der Waals surface area contributed by atoms with Crippen LogP contribution in [-0.2, 0) is 14.2 Å². The molecule has 3 aliphatic heterocycles. The number of nitrogens with zero attached hydrogens (tertiary/aromatic N) is 2. The molecular formula is C23H22ClF2N3O5. The summed E-state index contributed by atoms with van der Waals surface area (Å²) < 4.78 is 52.6. The molecule has 3 aromatic rings. The van der Waals surface area contributed by atoms with Gasteiger partial charge in [-0.2, -0.15) is 0 Å². The Morgan fingerprint density at radius 3 is 2.56 bits per heavy atom. The number of aromatic nitrogens is 2. The first-order valence-corrected chi connectivity index (χ1v) is 11.4. The third-order valence-electron chi connectivity index (χ3n) is 6.43. The summed E-state index contributed by atoms with van der Waals surface area (Å²) in [6, 6.07) is 5.78. The molecule has 4 atom stereocenters. The highest BCUT2D eigenvalue weighted by atomic mass is 35.5. The number of H-pyrrole nitrogens is 1. The molecule has 2 aromatic heterocycles. The van der Waals surface area contributed by atoms with Crippen LogP contribution >= 0.6 is 11.6 Å². The van der Waals surface area contributed by atoms with E-state index in [0.29, 0.717) is 48.9 Å². The van der Waals surface area contributed by atoms with E-state index in [1.165, 1.54) is 12.1 Å². The number of benzene rings is 1. The molecule has 5 heterocycles. The lowest BCUT2D eigenvalue weighted by Gasteiger charge is -2.29. The zero-order valence-electron chi connectivity index (χ0n) is 18.0. The van der Waals surface area contributed by atoms with Crippen LogP contribution in [0.2, 0.25) is 5.02 Å². The van der Waals surface area contributed by atoms with Crippen LogP contribution in [-0.4, -0.2) is 79.0 Å². The number of fused-ring (bicyclic) bond motifs is 2. The van der Waals surface area contributed by atoms with Gasteiger partial charge in [-0.1, -0.05) is 11.6 Å². The Morgan fingerprint density at radius 1 is 1.06 bits per heavy atom. The quantitative estimate of drug-likeness (QED) is 0.577. The normalized spacial score (nSPS) is 26.9. The summed E-state index contributed by atoms with van der Waals surface area (Å²) in [5.41, 5.74) is 1.17. The Balaban J connectivity index is 1.29. The molecule has 3 aliphatic rings. The minimum Gasteiger partial charge on any atom is -0.470 e. The average molecular weight is 494 g/mol. The minimum atomic E-state index is -0.742. The molecular weight excluding hydrogens is 472 g/mol. The van der Waals surface area contributed by atoms with Gasteiger partial charge in [-0.3, -0.25) is 0 Å². The smallest absolute Gasteiger partial charge is 0.193 e. The molecule has 0 saturated carbocycles. The van der Waals surface area contributed by atoms with Crippen molar-refractivity contribution in [3.8, 4) is 17.1 Å². The van der Waals surface area contributed by atoms with E-state index >= 15 is 8.78 Å². The van der Waals surface area contributed by atoms with E-state index in [-0.39, 0.29) is 35.6 Å². The molecule has 0 radical (unpaired) electrons. The summed E-state index contributed by atoms with van der Waals surface area (Å²) in [5, 5.41) is 10.00. The van der Waals surface area contributed by atoms with Crippen molar-refractivity contribution in [3.63, 3.8) is 0 Å². The number of halogens is 3. The van der Waals surface area contributed by atoms with E-state index in [1.807, 2.05) is 4.90 Å². The van der Waals surface area contributed by atoms with E-state index in [9.17, 15) is 5.11 Å². The Morgan fingerprint density at radius 2 is 1.79 bits per heavy atom. The fraction of sp³-hybridized carbons (Fsp3) is 0.435. The number of aromatic amines is 1. The van der Waals surface area contributed by atoms with Gasteiger partial charge in [0.15, 0.2) is 12.0 Å². The molecule has 34 heavy (non-hydrogen) atoms. The zero-order valence-corrected chi connectivity index (χ0v) is 18.7. The maximum atomic E-state index is 15.1. The standard InChI is InChI=1S/C23H22ClF2N3O5/c24-12-7-15-16(8-19(27-15)34-18-10-33-22-17(30)9-32-23(18)22)28-21(12)20-13(25)5-11(6-14(20)26)29-1-3-31-4-2-29/h5-8,17-18,22-23,27,30H,1-4,9-10H2/t17-,18-,22?,23-/m1/s1. The molecule has 180 valence electrons. The van der Waals surface area contributed by atoms with Crippen LogP contribution in [0.15, 0.2) is 24.3 Å². The van der Waals surface area contributed by atoms with Crippen LogP contribution in [0.5, 0.6) is 5.88 Å². The third-order valence-corrected chi connectivity index (χ3v) is 6.72. The third kappa shape index (κ3) is 3.79. The fourth-order valence-electron chi connectivity index (χ4n) is 4.74. The number of ether oxygens (including phenoxy) is 4. The summed E-state index contributed by atoms with van der Waals surface area (Å²) in [6.45, 7) is 2.61. The number of hydrogen-bond donors (Lipinski definition) is 2. The van der Waals surface area contributed by atoms with Gasteiger partial charge in [0.25, 0.3) is 0 Å². The maximum absolute atomic E-state index is 15.1. The number of anilines is 1. The highest BCUT2D eigenvalue weighted by Gasteiger charge is 2.48. The zero-order chi connectivity index (χ0) is 23.4. The average Bonchev–Trinajstić information content (AvgIpc) is 3.51. The SMILES string of the molecule is O[C@@H]1CO[C@H]2C1OC[C@H]2Oc1cc2nc(-c3c(F)cc(N4CCOCC4)cc3F)c(Cl)cc2[nH]1. The van der Waals surface area contributed by atoms with Crippen LogP contribution in [0.25, 0.3) is 22.3 Å². The number of hydrogen-bond acceptors (Lipinski definition) is 7. The van der Waals surface area contributed by atoms with Crippen molar-refractivity contribution in [2.45, 2.75) is 24.4 Å².